The third-order valence-electron chi connectivity index (χ3n) is 6.19. The molecule has 5 rings (SSSR count). The smallest absolute Gasteiger partial charge is 0.250 e. The SMILES string of the molecule is N=C1C(O)N(CC2CC2)[C@@]2(C(=O)Nc3cc(Cl)ccc32)[C@H]1c1cccc(Cl)c1F. The molecule has 3 N–H and O–H groups in total. The number of nitrogens with one attached hydrogen (secondary N) is 2. The number of halogens is 3. The van der Waals surface area contributed by atoms with Crippen molar-refractivity contribution in [2.75, 3.05) is 11.9 Å². The summed E-state index contributed by atoms with van der Waals surface area (Å²) >= 11 is 12.1. The summed E-state index contributed by atoms with van der Waals surface area (Å²) in [7, 11) is 0. The normalized spacial score (nSPS) is 28.8. The maximum Gasteiger partial charge on any atom is 0.250 e. The highest BCUT2D eigenvalue weighted by molar-refractivity contribution is 6.31. The largest absolute Gasteiger partial charge is 0.373 e. The highest BCUT2D eigenvalue weighted by Crippen LogP contribution is 2.56. The maximum absolute atomic E-state index is 15.1. The van der Waals surface area contributed by atoms with Crippen molar-refractivity contribution in [2.24, 2.45) is 5.92 Å². The van der Waals surface area contributed by atoms with Gasteiger partial charge < -0.3 is 15.8 Å². The van der Waals surface area contributed by atoms with Crippen molar-refractivity contribution in [1.29, 1.82) is 5.41 Å². The number of hydrogen-bond donors (Lipinski definition) is 3. The van der Waals surface area contributed by atoms with E-state index in [0.29, 0.717) is 28.7 Å². The van der Waals surface area contributed by atoms with E-state index in [1.165, 1.54) is 12.1 Å². The number of aliphatic hydroxyl groups excluding tert-OH is 1. The number of likely N-dealkylation sites (tertiary alicyclic amines) is 1. The van der Waals surface area contributed by atoms with Gasteiger partial charge in [0, 0.05) is 28.4 Å². The first kappa shape index (κ1) is 19.0. The van der Waals surface area contributed by atoms with E-state index in [9.17, 15) is 9.90 Å². The first-order valence-corrected chi connectivity index (χ1v) is 10.2. The van der Waals surface area contributed by atoms with Crippen molar-refractivity contribution in [1.82, 2.24) is 4.90 Å². The third kappa shape index (κ3) is 2.60. The van der Waals surface area contributed by atoms with Crippen LogP contribution in [0.5, 0.6) is 0 Å². The number of rotatable bonds is 3. The number of hydrogen-bond acceptors (Lipinski definition) is 4. The van der Waals surface area contributed by atoms with E-state index >= 15 is 4.39 Å². The van der Waals surface area contributed by atoms with Crippen molar-refractivity contribution in [3.05, 3.63) is 63.4 Å². The van der Waals surface area contributed by atoms with Gasteiger partial charge in [-0.1, -0.05) is 41.4 Å². The van der Waals surface area contributed by atoms with Gasteiger partial charge in [0.25, 0.3) is 5.91 Å². The van der Waals surface area contributed by atoms with Crippen LogP contribution in [-0.2, 0) is 10.3 Å². The summed E-state index contributed by atoms with van der Waals surface area (Å²) in [6.45, 7) is 0.442. The molecule has 0 aromatic heterocycles. The van der Waals surface area contributed by atoms with Gasteiger partial charge in [0.15, 0.2) is 0 Å². The minimum atomic E-state index is -1.44. The van der Waals surface area contributed by atoms with Crippen LogP contribution in [0.3, 0.4) is 0 Å². The number of nitrogens with zero attached hydrogens (tertiary/aromatic N) is 1. The van der Waals surface area contributed by atoms with Gasteiger partial charge in [0.1, 0.15) is 17.6 Å². The van der Waals surface area contributed by atoms with Crippen LogP contribution in [0.2, 0.25) is 10.0 Å². The molecule has 5 nitrogen and oxygen atoms in total. The third-order valence-corrected chi connectivity index (χ3v) is 6.71. The van der Waals surface area contributed by atoms with Crippen LogP contribution in [0.15, 0.2) is 36.4 Å². The fraction of sp³-hybridized carbons (Fsp3) is 0.333. The average molecular weight is 434 g/mol. The maximum atomic E-state index is 15.1. The summed E-state index contributed by atoms with van der Waals surface area (Å²) in [5, 5.41) is 22.9. The van der Waals surface area contributed by atoms with Crippen LogP contribution < -0.4 is 5.32 Å². The first-order valence-electron chi connectivity index (χ1n) is 9.44. The van der Waals surface area contributed by atoms with Crippen molar-refractivity contribution in [3.63, 3.8) is 0 Å². The fourth-order valence-electron chi connectivity index (χ4n) is 4.72. The molecule has 150 valence electrons. The van der Waals surface area contributed by atoms with E-state index in [0.717, 1.165) is 12.8 Å². The van der Waals surface area contributed by atoms with Gasteiger partial charge >= 0.3 is 0 Å². The van der Waals surface area contributed by atoms with E-state index in [2.05, 4.69) is 5.32 Å². The van der Waals surface area contributed by atoms with Crippen LogP contribution in [0, 0.1) is 17.1 Å². The second kappa shape index (κ2) is 6.51. The first-order chi connectivity index (χ1) is 13.9. The molecule has 2 aromatic carbocycles. The Hall–Kier alpha value is -1.99. The Kier molecular flexibility index (Phi) is 4.26. The Bertz CT molecular complexity index is 1060. The lowest BCUT2D eigenvalue weighted by Crippen LogP contribution is -2.52. The molecule has 0 bridgehead atoms. The highest BCUT2D eigenvalue weighted by Gasteiger charge is 2.66. The topological polar surface area (TPSA) is 76.4 Å². The van der Waals surface area contributed by atoms with E-state index in [1.807, 2.05) is 0 Å². The summed E-state index contributed by atoms with van der Waals surface area (Å²) in [5.74, 6) is -1.76. The van der Waals surface area contributed by atoms with Crippen molar-refractivity contribution in [2.45, 2.75) is 30.5 Å². The predicted molar refractivity (Wildman–Crippen MR) is 109 cm³/mol. The number of aliphatic hydroxyl groups is 1. The molecule has 0 radical (unpaired) electrons. The zero-order valence-corrected chi connectivity index (χ0v) is 16.8. The molecule has 2 fully saturated rings. The molecule has 1 spiro atoms. The van der Waals surface area contributed by atoms with Crippen LogP contribution in [0.4, 0.5) is 10.1 Å². The second-order valence-corrected chi connectivity index (χ2v) is 8.75. The molecule has 2 heterocycles. The van der Waals surface area contributed by atoms with E-state index in [-0.39, 0.29) is 16.3 Å². The number of amides is 1. The molecule has 1 aliphatic carbocycles. The highest BCUT2D eigenvalue weighted by atomic mass is 35.5. The predicted octanol–water partition coefficient (Wildman–Crippen LogP) is 4.13. The number of anilines is 1. The molecule has 2 aliphatic heterocycles. The molecule has 29 heavy (non-hydrogen) atoms. The zero-order valence-electron chi connectivity index (χ0n) is 15.3. The summed E-state index contributed by atoms with van der Waals surface area (Å²) in [6.07, 6.45) is 0.696. The quantitative estimate of drug-likeness (QED) is 0.680. The summed E-state index contributed by atoms with van der Waals surface area (Å²) < 4.78 is 15.1. The van der Waals surface area contributed by atoms with Gasteiger partial charge in [-0.2, -0.15) is 0 Å². The van der Waals surface area contributed by atoms with Crippen LogP contribution >= 0.6 is 23.2 Å². The van der Waals surface area contributed by atoms with Crippen LogP contribution in [0.1, 0.15) is 29.9 Å². The Balaban J connectivity index is 1.79. The van der Waals surface area contributed by atoms with Gasteiger partial charge in [-0.3, -0.25) is 9.69 Å². The summed E-state index contributed by atoms with van der Waals surface area (Å²) in [5.41, 5.74) is -0.344. The number of carbonyl (C=O) groups excluding carboxylic acids is 1. The average Bonchev–Trinajstić information content (AvgIpc) is 3.42. The Morgan fingerprint density at radius 2 is 2.03 bits per heavy atom. The zero-order chi connectivity index (χ0) is 20.5. The second-order valence-electron chi connectivity index (χ2n) is 7.91. The van der Waals surface area contributed by atoms with Crippen LogP contribution in [0.25, 0.3) is 0 Å². The lowest BCUT2D eigenvalue weighted by molar-refractivity contribution is -0.131. The number of fused-ring (bicyclic) bond motifs is 2. The Morgan fingerprint density at radius 3 is 2.76 bits per heavy atom. The molecular weight excluding hydrogens is 416 g/mol. The van der Waals surface area contributed by atoms with Crippen LogP contribution in [-0.4, -0.2) is 34.4 Å². The molecule has 2 aromatic rings. The van der Waals surface area contributed by atoms with E-state index in [1.54, 1.807) is 29.2 Å². The molecule has 1 saturated carbocycles. The Labute approximate surface area is 176 Å². The Morgan fingerprint density at radius 1 is 1.28 bits per heavy atom. The van der Waals surface area contributed by atoms with Gasteiger partial charge in [-0.05, 0) is 37.0 Å². The van der Waals surface area contributed by atoms with Crippen molar-refractivity contribution in [3.8, 4) is 0 Å². The summed E-state index contributed by atoms with van der Waals surface area (Å²) in [6, 6.07) is 9.56. The van der Waals surface area contributed by atoms with Gasteiger partial charge in [0.05, 0.1) is 16.7 Å². The molecule has 3 aliphatic rings. The standard InChI is InChI=1S/C21H18Cl2FN3O2/c22-11-6-7-13-15(8-11)26-20(29)21(13)16(12-2-1-3-14(23)17(12)24)18(25)19(28)27(21)9-10-4-5-10/h1-3,6-8,10,16,19,25,28H,4-5,9H2,(H,26,29)/t16-,19?,21+/m0/s1. The monoisotopic (exact) mass is 433 g/mol. The van der Waals surface area contributed by atoms with Crippen molar-refractivity contribution >= 4 is 40.5 Å². The fourth-order valence-corrected chi connectivity index (χ4v) is 5.08. The minimum Gasteiger partial charge on any atom is -0.373 e. The lowest BCUT2D eigenvalue weighted by atomic mass is 9.74. The molecule has 1 amide bonds. The molecular formula is C21H18Cl2FN3O2. The number of benzene rings is 2. The minimum absolute atomic E-state index is 0.0877. The van der Waals surface area contributed by atoms with Gasteiger partial charge in [-0.25, -0.2) is 4.39 Å². The number of carbonyl (C=O) groups is 1. The lowest BCUT2D eigenvalue weighted by Gasteiger charge is -2.38. The van der Waals surface area contributed by atoms with E-state index in [4.69, 9.17) is 28.6 Å². The van der Waals surface area contributed by atoms with E-state index < -0.39 is 29.4 Å². The molecule has 8 heteroatoms. The molecule has 3 atom stereocenters. The van der Waals surface area contributed by atoms with Gasteiger partial charge in [0.2, 0.25) is 0 Å². The van der Waals surface area contributed by atoms with Gasteiger partial charge in [-0.15, -0.1) is 0 Å². The summed E-state index contributed by atoms with van der Waals surface area (Å²) in [4.78, 5) is 15.1. The van der Waals surface area contributed by atoms with Crippen molar-refractivity contribution < 1.29 is 14.3 Å². The molecule has 1 saturated heterocycles. The molecule has 1 unspecified atom stereocenters.